The Kier molecular flexibility index (Phi) is 1.86. The molecule has 2 rings (SSSR count). The topological polar surface area (TPSA) is 36.5 Å². The normalized spacial score (nSPS) is 30.0. The highest BCUT2D eigenvalue weighted by atomic mass is 16.5. The first-order valence-corrected chi connectivity index (χ1v) is 3.71. The third kappa shape index (κ3) is 1.15. The first-order chi connectivity index (χ1) is 4.97. The minimum atomic E-state index is 0.882. The Balaban J connectivity index is 1.85. The van der Waals surface area contributed by atoms with Crippen LogP contribution in [0.1, 0.15) is 12.8 Å². The highest BCUT2D eigenvalue weighted by molar-refractivity contribution is 4.83. The van der Waals surface area contributed by atoms with Crippen LogP contribution in [0.4, 0.5) is 0 Å². The zero-order chi connectivity index (χ0) is 6.81. The van der Waals surface area contributed by atoms with Gasteiger partial charge in [-0.2, -0.15) is 10.5 Å². The summed E-state index contributed by atoms with van der Waals surface area (Å²) in [5.74, 6) is 0. The molecule has 4 nitrogen and oxygen atoms in total. The summed E-state index contributed by atoms with van der Waals surface area (Å²) in [7, 11) is 0. The number of hydrazine groups is 2. The molecule has 2 heterocycles. The quantitative estimate of drug-likeness (QED) is 0.523. The average Bonchev–Trinajstić information content (AvgIpc) is 2.59. The summed E-state index contributed by atoms with van der Waals surface area (Å²) < 4.78 is 5.38. The summed E-state index contributed by atoms with van der Waals surface area (Å²) in [6, 6.07) is 0. The summed E-state index contributed by atoms with van der Waals surface area (Å²) in [4.78, 5) is 0. The van der Waals surface area contributed by atoms with Crippen molar-refractivity contribution in [1.82, 2.24) is 16.0 Å². The van der Waals surface area contributed by atoms with Gasteiger partial charge in [0.1, 0.15) is 0 Å². The van der Waals surface area contributed by atoms with Crippen molar-refractivity contribution in [3.8, 4) is 0 Å². The van der Waals surface area contributed by atoms with Crippen LogP contribution in [0, 0.1) is 6.23 Å². The SMILES string of the molecule is C1CO[C](N2CCNN2)C1. The molecule has 10 heavy (non-hydrogen) atoms. The molecule has 0 amide bonds. The van der Waals surface area contributed by atoms with Crippen LogP contribution in [0.3, 0.4) is 0 Å². The molecule has 2 aliphatic heterocycles. The summed E-state index contributed by atoms with van der Waals surface area (Å²) in [6.07, 6.45) is 3.33. The minimum absolute atomic E-state index is 0.882. The van der Waals surface area contributed by atoms with Gasteiger partial charge >= 0.3 is 0 Å². The van der Waals surface area contributed by atoms with E-state index in [-0.39, 0.29) is 0 Å². The number of ether oxygens (including phenoxy) is 1. The fourth-order valence-electron chi connectivity index (χ4n) is 1.26. The molecule has 1 radical (unpaired) electrons. The van der Waals surface area contributed by atoms with Crippen LogP contribution in [0.5, 0.6) is 0 Å². The maximum absolute atomic E-state index is 5.38. The van der Waals surface area contributed by atoms with Crippen molar-refractivity contribution in [2.75, 3.05) is 19.7 Å². The van der Waals surface area contributed by atoms with Crippen LogP contribution in [-0.4, -0.2) is 24.7 Å². The van der Waals surface area contributed by atoms with Crippen LogP contribution >= 0.6 is 0 Å². The first kappa shape index (κ1) is 6.54. The van der Waals surface area contributed by atoms with E-state index in [9.17, 15) is 0 Å². The molecule has 57 valence electrons. The molecule has 2 aliphatic rings. The molecular weight excluding hydrogens is 130 g/mol. The molecule has 2 saturated heterocycles. The molecule has 0 bridgehead atoms. The van der Waals surface area contributed by atoms with E-state index in [1.807, 2.05) is 5.01 Å². The van der Waals surface area contributed by atoms with Gasteiger partial charge in [0.25, 0.3) is 0 Å². The fraction of sp³-hybridized carbons (Fsp3) is 0.833. The van der Waals surface area contributed by atoms with Crippen LogP contribution in [0.2, 0.25) is 0 Å². The number of nitrogens with zero attached hydrogens (tertiary/aromatic N) is 1. The van der Waals surface area contributed by atoms with E-state index in [0.29, 0.717) is 0 Å². The monoisotopic (exact) mass is 142 g/mol. The van der Waals surface area contributed by atoms with E-state index < -0.39 is 0 Å². The Hall–Kier alpha value is -0.160. The van der Waals surface area contributed by atoms with Crippen LogP contribution < -0.4 is 11.0 Å². The molecule has 4 heteroatoms. The van der Waals surface area contributed by atoms with E-state index in [0.717, 1.165) is 38.8 Å². The first-order valence-electron chi connectivity index (χ1n) is 3.71. The summed E-state index contributed by atoms with van der Waals surface area (Å²) >= 11 is 0. The molecule has 2 N–H and O–H groups in total. The van der Waals surface area contributed by atoms with Crippen molar-refractivity contribution in [1.29, 1.82) is 0 Å². The Labute approximate surface area is 60.5 Å². The maximum atomic E-state index is 5.38. The second-order valence-electron chi connectivity index (χ2n) is 2.54. The van der Waals surface area contributed by atoms with Crippen molar-refractivity contribution in [2.45, 2.75) is 12.8 Å². The fourth-order valence-corrected chi connectivity index (χ4v) is 1.26. The molecule has 0 aromatic rings. The van der Waals surface area contributed by atoms with Crippen LogP contribution in [0.25, 0.3) is 0 Å². The molecule has 0 unspecified atom stereocenters. The lowest BCUT2D eigenvalue weighted by Gasteiger charge is -2.19. The second kappa shape index (κ2) is 2.84. The molecule has 0 aromatic carbocycles. The number of nitrogens with one attached hydrogen (secondary N) is 2. The largest absolute Gasteiger partial charge is 0.354 e. The van der Waals surface area contributed by atoms with Gasteiger partial charge in [-0.1, -0.05) is 0 Å². The molecule has 2 fully saturated rings. The van der Waals surface area contributed by atoms with E-state index in [4.69, 9.17) is 4.74 Å². The Bertz CT molecular complexity index is 93.6. The van der Waals surface area contributed by atoms with Gasteiger partial charge in [0.15, 0.2) is 6.23 Å². The Morgan fingerprint density at radius 3 is 3.10 bits per heavy atom. The third-order valence-electron chi connectivity index (χ3n) is 1.78. The molecule has 0 aliphatic carbocycles. The lowest BCUT2D eigenvalue weighted by atomic mass is 10.3. The maximum Gasteiger partial charge on any atom is 0.179 e. The predicted octanol–water partition coefficient (Wildman–Crippen LogP) is -0.389. The van der Waals surface area contributed by atoms with E-state index in [2.05, 4.69) is 11.0 Å². The smallest absolute Gasteiger partial charge is 0.179 e. The van der Waals surface area contributed by atoms with Gasteiger partial charge in [0, 0.05) is 19.7 Å². The molecule has 0 spiro atoms. The summed E-state index contributed by atoms with van der Waals surface area (Å²) in [6.45, 7) is 2.88. The van der Waals surface area contributed by atoms with E-state index >= 15 is 0 Å². The Morgan fingerprint density at radius 2 is 2.50 bits per heavy atom. The van der Waals surface area contributed by atoms with Gasteiger partial charge in [0.2, 0.25) is 0 Å². The molecule has 0 saturated carbocycles. The number of hydrogen-bond acceptors (Lipinski definition) is 4. The van der Waals surface area contributed by atoms with Crippen molar-refractivity contribution in [3.05, 3.63) is 6.23 Å². The Morgan fingerprint density at radius 1 is 1.50 bits per heavy atom. The predicted molar refractivity (Wildman–Crippen MR) is 36.3 cm³/mol. The highest BCUT2D eigenvalue weighted by Gasteiger charge is 2.26. The third-order valence-corrected chi connectivity index (χ3v) is 1.78. The van der Waals surface area contributed by atoms with Crippen molar-refractivity contribution in [2.24, 2.45) is 0 Å². The molecular formula is C6H12N3O. The van der Waals surface area contributed by atoms with Crippen molar-refractivity contribution < 1.29 is 4.74 Å². The molecule has 0 aromatic heterocycles. The zero-order valence-corrected chi connectivity index (χ0v) is 5.89. The minimum Gasteiger partial charge on any atom is -0.354 e. The van der Waals surface area contributed by atoms with E-state index in [1.165, 1.54) is 0 Å². The number of rotatable bonds is 1. The van der Waals surface area contributed by atoms with Gasteiger partial charge < -0.3 is 4.74 Å². The summed E-state index contributed by atoms with van der Waals surface area (Å²) in [5, 5.41) is 2.03. The highest BCUT2D eigenvalue weighted by Crippen LogP contribution is 2.22. The zero-order valence-electron chi connectivity index (χ0n) is 5.89. The second-order valence-corrected chi connectivity index (χ2v) is 2.54. The number of hydrogen-bond donors (Lipinski definition) is 2. The van der Waals surface area contributed by atoms with E-state index in [1.54, 1.807) is 0 Å². The van der Waals surface area contributed by atoms with Gasteiger partial charge in [-0.15, -0.1) is 0 Å². The van der Waals surface area contributed by atoms with Gasteiger partial charge in [0.05, 0.1) is 0 Å². The summed E-state index contributed by atoms with van der Waals surface area (Å²) in [5.41, 5.74) is 6.04. The standard InChI is InChI=1S/C6H12N3O/c1-2-6(10-5-1)9-4-3-7-8-9/h7-8H,1-5H2. The van der Waals surface area contributed by atoms with Crippen LogP contribution in [-0.2, 0) is 4.74 Å². The average molecular weight is 142 g/mol. The van der Waals surface area contributed by atoms with Gasteiger partial charge in [-0.3, -0.25) is 0 Å². The van der Waals surface area contributed by atoms with Gasteiger partial charge in [-0.25, -0.2) is 5.43 Å². The lowest BCUT2D eigenvalue weighted by molar-refractivity contribution is 0.0559. The van der Waals surface area contributed by atoms with Gasteiger partial charge in [-0.05, 0) is 12.8 Å². The van der Waals surface area contributed by atoms with Crippen molar-refractivity contribution in [3.63, 3.8) is 0 Å². The van der Waals surface area contributed by atoms with Crippen molar-refractivity contribution >= 4 is 0 Å². The van der Waals surface area contributed by atoms with Crippen LogP contribution in [0.15, 0.2) is 0 Å². The lowest BCUT2D eigenvalue weighted by Crippen LogP contribution is -2.38. The molecule has 0 atom stereocenters.